The Bertz CT molecular complexity index is 1440. The van der Waals surface area contributed by atoms with Crippen LogP contribution in [0.4, 0.5) is 11.6 Å². The molecule has 0 bridgehead atoms. The number of aromatic nitrogens is 3. The van der Waals surface area contributed by atoms with E-state index in [-0.39, 0.29) is 5.56 Å². The number of benzene rings is 3. The van der Waals surface area contributed by atoms with Crippen molar-refractivity contribution in [3.8, 4) is 5.69 Å². The zero-order valence-electron chi connectivity index (χ0n) is 16.8. The van der Waals surface area contributed by atoms with Gasteiger partial charge < -0.3 is 5.32 Å². The largest absolute Gasteiger partial charge is 0.333 e. The maximum absolute atomic E-state index is 13.6. The molecule has 0 saturated heterocycles. The number of hydrogen-bond donors (Lipinski definition) is 1. The van der Waals surface area contributed by atoms with Crippen molar-refractivity contribution in [1.82, 2.24) is 9.67 Å². The van der Waals surface area contributed by atoms with Gasteiger partial charge in [-0.05, 0) is 54.1 Å². The van der Waals surface area contributed by atoms with Gasteiger partial charge in [-0.2, -0.15) is 0 Å². The molecule has 5 heteroatoms. The molecule has 0 amide bonds. The fraction of sp³-hybridized carbons (Fsp3) is 0.0800. The Hall–Kier alpha value is -3.99. The van der Waals surface area contributed by atoms with Crippen molar-refractivity contribution in [2.75, 3.05) is 5.32 Å². The van der Waals surface area contributed by atoms with Gasteiger partial charge in [0, 0.05) is 22.2 Å². The molecule has 2 heterocycles. The molecule has 1 N–H and O–H groups in total. The van der Waals surface area contributed by atoms with Crippen molar-refractivity contribution < 1.29 is 4.52 Å². The number of fused-ring (bicyclic) bond motifs is 2. The van der Waals surface area contributed by atoms with E-state index in [4.69, 9.17) is 5.10 Å². The summed E-state index contributed by atoms with van der Waals surface area (Å²) in [5, 5.41) is 10.1. The third kappa shape index (κ3) is 3.20. The molecule has 0 fully saturated rings. The second kappa shape index (κ2) is 7.12. The van der Waals surface area contributed by atoms with Gasteiger partial charge >= 0.3 is 11.1 Å². The molecule has 0 saturated carbocycles. The summed E-state index contributed by atoms with van der Waals surface area (Å²) < 4.78 is 3.29. The summed E-state index contributed by atoms with van der Waals surface area (Å²) in [5.41, 5.74) is 4.33. The van der Waals surface area contributed by atoms with Crippen molar-refractivity contribution in [3.63, 3.8) is 0 Å². The van der Waals surface area contributed by atoms with Crippen LogP contribution in [-0.2, 0) is 0 Å². The first-order valence-corrected chi connectivity index (χ1v) is 9.87. The lowest BCUT2D eigenvalue weighted by atomic mass is 10.1. The van der Waals surface area contributed by atoms with E-state index in [1.165, 1.54) is 5.56 Å². The summed E-state index contributed by atoms with van der Waals surface area (Å²) in [6, 6.07) is 25.8. The zero-order chi connectivity index (χ0) is 20.7. The highest BCUT2D eigenvalue weighted by atomic mass is 16.1. The van der Waals surface area contributed by atoms with Crippen molar-refractivity contribution in [1.29, 1.82) is 0 Å². The van der Waals surface area contributed by atoms with Gasteiger partial charge in [0.25, 0.3) is 5.95 Å². The normalized spacial score (nSPS) is 11.1. The molecule has 0 aliphatic carbocycles. The van der Waals surface area contributed by atoms with Crippen LogP contribution in [0.15, 0.2) is 89.9 Å². The van der Waals surface area contributed by atoms with Crippen LogP contribution in [-0.4, -0.2) is 9.67 Å². The first kappa shape index (κ1) is 18.1. The lowest BCUT2D eigenvalue weighted by molar-refractivity contribution is -0.579. The van der Waals surface area contributed by atoms with E-state index >= 15 is 0 Å². The van der Waals surface area contributed by atoms with E-state index in [0.29, 0.717) is 11.5 Å². The molecular weight excluding hydrogens is 372 g/mol. The second-order valence-corrected chi connectivity index (χ2v) is 7.52. The van der Waals surface area contributed by atoms with Gasteiger partial charge in [-0.25, -0.2) is 4.57 Å². The molecule has 0 radical (unpaired) electrons. The summed E-state index contributed by atoms with van der Waals surface area (Å²) in [5.74, 6) is 0.459. The van der Waals surface area contributed by atoms with Crippen molar-refractivity contribution in [2.45, 2.75) is 13.8 Å². The number of hydrogen-bond acceptors (Lipinski definition) is 3. The number of pyridine rings is 1. The van der Waals surface area contributed by atoms with Crippen LogP contribution < -0.4 is 15.4 Å². The van der Waals surface area contributed by atoms with Gasteiger partial charge in [0.1, 0.15) is 0 Å². The van der Waals surface area contributed by atoms with E-state index in [9.17, 15) is 4.79 Å². The van der Waals surface area contributed by atoms with Gasteiger partial charge in [-0.15, -0.1) is 0 Å². The maximum atomic E-state index is 13.6. The SMILES string of the molecule is Cc1ccc(Nc2n[n+]3cc4ccccc4cc3c(=O)n2-c2ccc(C)cc2)cc1. The number of nitrogens with zero attached hydrogens (tertiary/aromatic N) is 3. The first-order chi connectivity index (χ1) is 14.6. The van der Waals surface area contributed by atoms with Crippen molar-refractivity contribution in [3.05, 3.63) is 107 Å². The smallest absolute Gasteiger partial charge is 0.320 e. The lowest BCUT2D eigenvalue weighted by Crippen LogP contribution is -2.38. The molecule has 0 aliphatic heterocycles. The molecule has 146 valence electrons. The number of aryl methyl sites for hydroxylation is 2. The third-order valence-corrected chi connectivity index (χ3v) is 5.23. The zero-order valence-corrected chi connectivity index (χ0v) is 16.8. The summed E-state index contributed by atoms with van der Waals surface area (Å²) >= 11 is 0. The van der Waals surface area contributed by atoms with Crippen LogP contribution in [0.25, 0.3) is 22.0 Å². The fourth-order valence-electron chi connectivity index (χ4n) is 3.55. The molecule has 5 nitrogen and oxygen atoms in total. The maximum Gasteiger partial charge on any atom is 0.333 e. The Morgan fingerprint density at radius 2 is 1.47 bits per heavy atom. The average molecular weight is 393 g/mol. The predicted octanol–water partition coefficient (Wildman–Crippen LogP) is 4.48. The molecular formula is C25H21N4O+. The van der Waals surface area contributed by atoms with Crippen LogP contribution in [0.3, 0.4) is 0 Å². The monoisotopic (exact) mass is 393 g/mol. The van der Waals surface area contributed by atoms with Crippen LogP contribution in [0.5, 0.6) is 0 Å². The van der Waals surface area contributed by atoms with Crippen molar-refractivity contribution >= 4 is 27.9 Å². The Morgan fingerprint density at radius 3 is 2.17 bits per heavy atom. The topological polar surface area (TPSA) is 51.0 Å². The minimum Gasteiger partial charge on any atom is -0.320 e. The molecule has 30 heavy (non-hydrogen) atoms. The fourth-order valence-corrected chi connectivity index (χ4v) is 3.55. The molecule has 0 aliphatic rings. The van der Waals surface area contributed by atoms with E-state index in [2.05, 4.69) is 5.32 Å². The highest BCUT2D eigenvalue weighted by Crippen LogP contribution is 2.19. The van der Waals surface area contributed by atoms with E-state index in [1.54, 1.807) is 9.08 Å². The summed E-state index contributed by atoms with van der Waals surface area (Å²) in [6.45, 7) is 4.07. The average Bonchev–Trinajstić information content (AvgIpc) is 2.75. The van der Waals surface area contributed by atoms with Gasteiger partial charge in [0.2, 0.25) is 6.20 Å². The number of anilines is 2. The predicted molar refractivity (Wildman–Crippen MR) is 120 cm³/mol. The van der Waals surface area contributed by atoms with Crippen LogP contribution in [0.2, 0.25) is 0 Å². The molecule has 0 spiro atoms. The van der Waals surface area contributed by atoms with E-state index in [0.717, 1.165) is 27.7 Å². The molecule has 3 aromatic carbocycles. The van der Waals surface area contributed by atoms with E-state index < -0.39 is 0 Å². The highest BCUT2D eigenvalue weighted by Gasteiger charge is 2.20. The van der Waals surface area contributed by atoms with Gasteiger partial charge in [-0.1, -0.05) is 53.6 Å². The lowest BCUT2D eigenvalue weighted by Gasteiger charge is -2.12. The Morgan fingerprint density at radius 1 is 0.833 bits per heavy atom. The van der Waals surface area contributed by atoms with Crippen molar-refractivity contribution in [2.24, 2.45) is 0 Å². The van der Waals surface area contributed by atoms with Crippen LogP contribution >= 0.6 is 0 Å². The van der Waals surface area contributed by atoms with Gasteiger partial charge in [0.15, 0.2) is 0 Å². The molecule has 5 rings (SSSR count). The summed E-state index contributed by atoms with van der Waals surface area (Å²) in [7, 11) is 0. The Labute approximate surface area is 173 Å². The van der Waals surface area contributed by atoms with Crippen LogP contribution in [0, 0.1) is 13.8 Å². The standard InChI is InChI=1S/C25H20N4O/c1-17-7-11-21(12-8-17)26-25-27-28-16-20-6-4-3-5-19(20)15-23(28)24(30)29(25)22-13-9-18(2)10-14-22/h3-16H,1-2H3/p+1. The van der Waals surface area contributed by atoms with Gasteiger partial charge in [-0.3, -0.25) is 4.79 Å². The molecule has 2 aromatic heterocycles. The molecule has 0 atom stereocenters. The van der Waals surface area contributed by atoms with Crippen LogP contribution in [0.1, 0.15) is 11.1 Å². The van der Waals surface area contributed by atoms with Gasteiger partial charge in [0.05, 0.1) is 5.69 Å². The quantitative estimate of drug-likeness (QED) is 0.363. The Balaban J connectivity index is 1.79. The highest BCUT2D eigenvalue weighted by molar-refractivity contribution is 5.83. The number of rotatable bonds is 3. The Kier molecular flexibility index (Phi) is 4.29. The van der Waals surface area contributed by atoms with E-state index in [1.807, 2.05) is 98.9 Å². The minimum atomic E-state index is -0.130. The summed E-state index contributed by atoms with van der Waals surface area (Å²) in [6.07, 6.45) is 1.89. The second-order valence-electron chi connectivity index (χ2n) is 7.52. The number of nitrogens with one attached hydrogen (secondary N) is 1. The molecule has 0 unspecified atom stereocenters. The summed E-state index contributed by atoms with van der Waals surface area (Å²) in [4.78, 5) is 13.6. The molecule has 5 aromatic rings. The minimum absolute atomic E-state index is 0.130. The first-order valence-electron chi connectivity index (χ1n) is 9.87. The third-order valence-electron chi connectivity index (χ3n) is 5.23.